The summed E-state index contributed by atoms with van der Waals surface area (Å²) in [6.45, 7) is 1.46. The molecule has 1 saturated heterocycles. The number of aliphatic hydroxyl groups excluding tert-OH is 2. The quantitative estimate of drug-likeness (QED) is 0.610. The molecule has 0 unspecified atom stereocenters. The lowest BCUT2D eigenvalue weighted by Gasteiger charge is -2.43. The Labute approximate surface area is 209 Å². The van der Waals surface area contributed by atoms with Gasteiger partial charge in [-0.15, -0.1) is 0 Å². The number of benzene rings is 2. The Morgan fingerprint density at radius 2 is 1.58 bits per heavy atom. The van der Waals surface area contributed by atoms with Crippen LogP contribution in [0.4, 0.5) is 0 Å². The molecule has 2 aromatic carbocycles. The first kappa shape index (κ1) is 24.5. The van der Waals surface area contributed by atoms with E-state index >= 15 is 0 Å². The molecule has 3 aliphatic rings. The summed E-state index contributed by atoms with van der Waals surface area (Å²) in [5.41, 5.74) is 2.03. The van der Waals surface area contributed by atoms with Gasteiger partial charge in [-0.1, -0.05) is 0 Å². The summed E-state index contributed by atoms with van der Waals surface area (Å²) in [4.78, 5) is 15.8. The van der Waals surface area contributed by atoms with Crippen molar-refractivity contribution in [3.8, 4) is 28.7 Å². The molecular formula is C26H31NO9. The summed E-state index contributed by atoms with van der Waals surface area (Å²) >= 11 is 0. The maximum Gasteiger partial charge on any atom is 0.231 e. The summed E-state index contributed by atoms with van der Waals surface area (Å²) in [6, 6.07) is 7.19. The van der Waals surface area contributed by atoms with Gasteiger partial charge in [-0.3, -0.25) is 4.79 Å². The fourth-order valence-corrected chi connectivity index (χ4v) is 5.57. The van der Waals surface area contributed by atoms with Crippen LogP contribution in [0.3, 0.4) is 0 Å². The van der Waals surface area contributed by atoms with Crippen molar-refractivity contribution in [1.82, 2.24) is 4.90 Å². The lowest BCUT2D eigenvalue weighted by molar-refractivity contribution is -0.146. The molecule has 2 aliphatic heterocycles. The molecule has 2 aromatic rings. The van der Waals surface area contributed by atoms with E-state index in [1.165, 1.54) is 21.3 Å². The third-order valence-corrected chi connectivity index (χ3v) is 7.32. The maximum atomic E-state index is 14.0. The van der Waals surface area contributed by atoms with Crippen LogP contribution in [0.25, 0.3) is 0 Å². The fraction of sp³-hybridized carbons (Fsp3) is 0.500. The Balaban J connectivity index is 1.73. The van der Waals surface area contributed by atoms with E-state index in [2.05, 4.69) is 0 Å². The third-order valence-electron chi connectivity index (χ3n) is 7.32. The smallest absolute Gasteiger partial charge is 0.231 e. The van der Waals surface area contributed by atoms with E-state index in [0.29, 0.717) is 60.6 Å². The van der Waals surface area contributed by atoms with Gasteiger partial charge in [0.25, 0.3) is 0 Å². The summed E-state index contributed by atoms with van der Waals surface area (Å²) < 4.78 is 33.3. The number of carbonyl (C=O) groups is 1. The van der Waals surface area contributed by atoms with Gasteiger partial charge in [-0.2, -0.15) is 0 Å². The number of morpholine rings is 1. The van der Waals surface area contributed by atoms with E-state index < -0.39 is 23.9 Å². The van der Waals surface area contributed by atoms with E-state index in [-0.39, 0.29) is 19.3 Å². The average molecular weight is 502 g/mol. The van der Waals surface area contributed by atoms with Crippen molar-refractivity contribution in [2.75, 3.05) is 61.0 Å². The van der Waals surface area contributed by atoms with Crippen LogP contribution in [-0.4, -0.2) is 82.1 Å². The molecule has 10 nitrogen and oxygen atoms in total. The van der Waals surface area contributed by atoms with Gasteiger partial charge in [-0.25, -0.2) is 0 Å². The molecule has 36 heavy (non-hydrogen) atoms. The van der Waals surface area contributed by atoms with Crippen molar-refractivity contribution in [2.45, 2.75) is 12.0 Å². The minimum atomic E-state index is -1.08. The molecule has 1 aliphatic carbocycles. The van der Waals surface area contributed by atoms with Gasteiger partial charge in [0.05, 0.1) is 46.6 Å². The van der Waals surface area contributed by atoms with Gasteiger partial charge >= 0.3 is 0 Å². The Kier molecular flexibility index (Phi) is 6.83. The zero-order valence-corrected chi connectivity index (χ0v) is 20.6. The largest absolute Gasteiger partial charge is 0.493 e. The standard InChI is InChI=1S/C26H31NO9/c1-31-20-8-14(9-21(32-2)25(20)33-3)22-15-10-18-19(36-13-35-18)11-16(15)24(29)17(12-28)23(22)26(30)27-4-6-34-7-5-27/h8-11,17,22-24,28-29H,4-7,12-13H2,1-3H3/t17-,22+,23-,24-/m0/s1. The molecule has 2 N–H and O–H groups in total. The Morgan fingerprint density at radius 1 is 0.972 bits per heavy atom. The first-order valence-electron chi connectivity index (χ1n) is 11.9. The third kappa shape index (κ3) is 3.99. The van der Waals surface area contributed by atoms with Gasteiger partial charge < -0.3 is 43.5 Å². The first-order valence-corrected chi connectivity index (χ1v) is 11.9. The molecule has 0 radical (unpaired) electrons. The number of nitrogens with zero attached hydrogens (tertiary/aromatic N) is 1. The molecule has 0 saturated carbocycles. The monoisotopic (exact) mass is 501 g/mol. The minimum absolute atomic E-state index is 0.0722. The number of aliphatic hydroxyl groups is 2. The predicted octanol–water partition coefficient (Wildman–Crippen LogP) is 1.70. The molecule has 0 spiro atoms. The second-order valence-electron chi connectivity index (χ2n) is 9.03. The zero-order valence-electron chi connectivity index (χ0n) is 20.6. The van der Waals surface area contributed by atoms with Crippen molar-refractivity contribution < 1.29 is 43.4 Å². The lowest BCUT2D eigenvalue weighted by atomic mass is 9.64. The van der Waals surface area contributed by atoms with Crippen molar-refractivity contribution in [3.05, 3.63) is 41.0 Å². The van der Waals surface area contributed by atoms with Gasteiger partial charge in [0.1, 0.15) is 0 Å². The van der Waals surface area contributed by atoms with Gasteiger partial charge in [0.15, 0.2) is 23.0 Å². The van der Waals surface area contributed by atoms with E-state index in [4.69, 9.17) is 28.4 Å². The molecule has 4 atom stereocenters. The van der Waals surface area contributed by atoms with Crippen molar-refractivity contribution in [2.24, 2.45) is 11.8 Å². The maximum absolute atomic E-state index is 14.0. The summed E-state index contributed by atoms with van der Waals surface area (Å²) in [6.07, 6.45) is -1.08. The molecule has 1 fully saturated rings. The summed E-state index contributed by atoms with van der Waals surface area (Å²) in [5.74, 6) is 0.162. The number of amides is 1. The van der Waals surface area contributed by atoms with Crippen molar-refractivity contribution >= 4 is 5.91 Å². The van der Waals surface area contributed by atoms with E-state index in [9.17, 15) is 15.0 Å². The van der Waals surface area contributed by atoms with E-state index in [1.54, 1.807) is 11.0 Å². The Bertz CT molecular complexity index is 1110. The van der Waals surface area contributed by atoms with Crippen molar-refractivity contribution in [3.63, 3.8) is 0 Å². The summed E-state index contributed by atoms with van der Waals surface area (Å²) in [5, 5.41) is 21.9. The first-order chi connectivity index (χ1) is 17.5. The number of carbonyl (C=O) groups excluding carboxylic acids is 1. The topological polar surface area (TPSA) is 116 Å². The number of rotatable bonds is 6. The number of hydrogen-bond acceptors (Lipinski definition) is 9. The minimum Gasteiger partial charge on any atom is -0.493 e. The number of methoxy groups -OCH3 is 3. The van der Waals surface area contributed by atoms with Crippen LogP contribution in [-0.2, 0) is 9.53 Å². The Hall–Kier alpha value is -3.21. The van der Waals surface area contributed by atoms with Crippen LogP contribution in [0.1, 0.15) is 28.7 Å². The van der Waals surface area contributed by atoms with Gasteiger partial charge in [0, 0.05) is 31.5 Å². The molecule has 0 bridgehead atoms. The second kappa shape index (κ2) is 10.0. The molecule has 1 amide bonds. The highest BCUT2D eigenvalue weighted by atomic mass is 16.7. The lowest BCUT2D eigenvalue weighted by Crippen LogP contribution is -2.50. The molecule has 10 heteroatoms. The molecular weight excluding hydrogens is 470 g/mol. The van der Waals surface area contributed by atoms with Crippen LogP contribution in [0.15, 0.2) is 24.3 Å². The number of ether oxygens (including phenoxy) is 6. The fourth-order valence-electron chi connectivity index (χ4n) is 5.57. The predicted molar refractivity (Wildman–Crippen MR) is 127 cm³/mol. The van der Waals surface area contributed by atoms with Crippen LogP contribution in [0.2, 0.25) is 0 Å². The normalized spacial score (nSPS) is 24.8. The van der Waals surface area contributed by atoms with Crippen LogP contribution >= 0.6 is 0 Å². The van der Waals surface area contributed by atoms with Crippen LogP contribution in [0.5, 0.6) is 28.7 Å². The molecule has 194 valence electrons. The van der Waals surface area contributed by atoms with Gasteiger partial charge in [0.2, 0.25) is 18.4 Å². The van der Waals surface area contributed by atoms with Gasteiger partial charge in [-0.05, 0) is 41.0 Å². The highest BCUT2D eigenvalue weighted by Crippen LogP contribution is 2.54. The van der Waals surface area contributed by atoms with E-state index in [1.807, 2.05) is 18.2 Å². The highest BCUT2D eigenvalue weighted by Gasteiger charge is 2.48. The number of hydrogen-bond donors (Lipinski definition) is 2. The molecule has 5 rings (SSSR count). The number of fused-ring (bicyclic) bond motifs is 2. The SMILES string of the molecule is COc1cc([C@@H]2c3cc4c(cc3[C@H](O)[C@@H](CO)[C@@H]2C(=O)N2CCOCC2)OCO4)cc(OC)c1OC. The molecule has 0 aromatic heterocycles. The Morgan fingerprint density at radius 3 is 2.14 bits per heavy atom. The second-order valence-corrected chi connectivity index (χ2v) is 9.03. The van der Waals surface area contributed by atoms with E-state index in [0.717, 1.165) is 11.1 Å². The van der Waals surface area contributed by atoms with Crippen LogP contribution < -0.4 is 23.7 Å². The van der Waals surface area contributed by atoms with Crippen LogP contribution in [0, 0.1) is 11.8 Å². The van der Waals surface area contributed by atoms with Crippen molar-refractivity contribution in [1.29, 1.82) is 0 Å². The summed E-state index contributed by atoms with van der Waals surface area (Å²) in [7, 11) is 4.59. The highest BCUT2D eigenvalue weighted by molar-refractivity contribution is 5.82. The average Bonchev–Trinajstić information content (AvgIpc) is 3.38. The molecule has 2 heterocycles. The zero-order chi connectivity index (χ0) is 25.4.